The number of nitrogens with one attached hydrogen (secondary N) is 1. The lowest BCUT2D eigenvalue weighted by Gasteiger charge is -2.03. The van der Waals surface area contributed by atoms with E-state index in [1.165, 1.54) is 23.1 Å². The third kappa shape index (κ3) is 4.11. The number of hydrogen-bond acceptors (Lipinski definition) is 7. The lowest BCUT2D eigenvalue weighted by Crippen LogP contribution is -1.98. The quantitative estimate of drug-likeness (QED) is 0.827. The van der Waals surface area contributed by atoms with Gasteiger partial charge in [0.1, 0.15) is 5.75 Å². The van der Waals surface area contributed by atoms with E-state index in [1.54, 1.807) is 7.11 Å². The first kappa shape index (κ1) is 14.6. The fourth-order valence-corrected chi connectivity index (χ4v) is 3.21. The van der Waals surface area contributed by atoms with Crippen LogP contribution in [0.1, 0.15) is 12.5 Å². The Hall–Kier alpha value is -1.78. The molecule has 0 fully saturated rings. The molecule has 1 N–H and O–H groups in total. The minimum atomic E-state index is -0.114. The topological polar surface area (TPSA) is 70.8 Å². The van der Waals surface area contributed by atoms with Crippen molar-refractivity contribution < 1.29 is 4.74 Å². The lowest BCUT2D eigenvalue weighted by atomic mass is 10.2. The maximum absolute atomic E-state index is 8.76. The van der Waals surface area contributed by atoms with Crippen LogP contribution in [0, 0.1) is 11.3 Å². The van der Waals surface area contributed by atoms with Gasteiger partial charge in [-0.15, -0.1) is 10.2 Å². The van der Waals surface area contributed by atoms with Gasteiger partial charge in [-0.25, -0.2) is 0 Å². The smallest absolute Gasteiger partial charge is 0.206 e. The summed E-state index contributed by atoms with van der Waals surface area (Å²) >= 11 is 2.88. The second-order valence-corrected chi connectivity index (χ2v) is 6.53. The zero-order valence-electron chi connectivity index (χ0n) is 11.2. The largest absolute Gasteiger partial charge is 0.497 e. The minimum Gasteiger partial charge on any atom is -0.497 e. The Labute approximate surface area is 126 Å². The zero-order valence-corrected chi connectivity index (χ0v) is 12.8. The number of nitrogens with zero attached hydrogens (tertiary/aromatic N) is 3. The minimum absolute atomic E-state index is 0.114. The molecule has 1 aromatic carbocycles. The first-order valence-electron chi connectivity index (χ1n) is 5.98. The summed E-state index contributed by atoms with van der Waals surface area (Å²) in [6, 6.07) is 10.0. The summed E-state index contributed by atoms with van der Waals surface area (Å²) in [7, 11) is 1.65. The summed E-state index contributed by atoms with van der Waals surface area (Å²) in [5, 5.41) is 20.7. The van der Waals surface area contributed by atoms with Gasteiger partial charge in [0.15, 0.2) is 4.34 Å². The van der Waals surface area contributed by atoms with Gasteiger partial charge >= 0.3 is 0 Å². The fraction of sp³-hybridized carbons (Fsp3) is 0.308. The summed E-state index contributed by atoms with van der Waals surface area (Å²) in [4.78, 5) is 0. The number of ether oxygens (including phenoxy) is 1. The van der Waals surface area contributed by atoms with Gasteiger partial charge in [-0.05, 0) is 24.6 Å². The summed E-state index contributed by atoms with van der Waals surface area (Å²) in [5.74, 6) is 0.842. The van der Waals surface area contributed by atoms with Crippen LogP contribution in [0.2, 0.25) is 0 Å². The molecular formula is C13H14N4OS2. The molecule has 104 valence electrons. The average molecular weight is 306 g/mol. The van der Waals surface area contributed by atoms with E-state index < -0.39 is 0 Å². The van der Waals surface area contributed by atoms with E-state index in [1.807, 2.05) is 31.2 Å². The van der Waals surface area contributed by atoms with Crippen molar-refractivity contribution in [1.82, 2.24) is 10.2 Å². The van der Waals surface area contributed by atoms with E-state index in [2.05, 4.69) is 21.6 Å². The van der Waals surface area contributed by atoms with Gasteiger partial charge in [0, 0.05) is 6.54 Å². The van der Waals surface area contributed by atoms with E-state index >= 15 is 0 Å². The van der Waals surface area contributed by atoms with E-state index in [9.17, 15) is 0 Å². The standard InChI is InChI=1S/C13H14N4OS2/c1-9(7-14)19-13-17-16-12(20-13)15-8-10-3-5-11(18-2)6-4-10/h3-6,9H,8H2,1-2H3,(H,15,16)/t9-/m1/s1. The van der Waals surface area contributed by atoms with Gasteiger partial charge in [-0.2, -0.15) is 5.26 Å². The van der Waals surface area contributed by atoms with Crippen LogP contribution in [0.5, 0.6) is 5.75 Å². The molecule has 0 aliphatic carbocycles. The normalized spacial score (nSPS) is 11.7. The Morgan fingerprint density at radius 1 is 1.40 bits per heavy atom. The van der Waals surface area contributed by atoms with Crippen molar-refractivity contribution in [3.63, 3.8) is 0 Å². The Bertz CT molecular complexity index is 591. The second-order valence-electron chi connectivity index (χ2n) is 3.96. The summed E-state index contributed by atoms with van der Waals surface area (Å²) in [6.07, 6.45) is 0. The Balaban J connectivity index is 1.89. The first-order chi connectivity index (χ1) is 9.71. The molecule has 20 heavy (non-hydrogen) atoms. The molecule has 0 bridgehead atoms. The Morgan fingerprint density at radius 3 is 2.80 bits per heavy atom. The molecule has 0 saturated heterocycles. The van der Waals surface area contributed by atoms with Gasteiger partial charge in [0.05, 0.1) is 18.4 Å². The molecule has 5 nitrogen and oxygen atoms in total. The number of thioether (sulfide) groups is 1. The fourth-order valence-electron chi connectivity index (χ4n) is 1.43. The number of aromatic nitrogens is 2. The van der Waals surface area contributed by atoms with Crippen molar-refractivity contribution in [1.29, 1.82) is 5.26 Å². The second kappa shape index (κ2) is 7.12. The van der Waals surface area contributed by atoms with Crippen LogP contribution in [0.3, 0.4) is 0 Å². The van der Waals surface area contributed by atoms with Gasteiger partial charge in [0.25, 0.3) is 0 Å². The molecule has 1 atom stereocenters. The highest BCUT2D eigenvalue weighted by molar-refractivity contribution is 8.01. The Kier molecular flexibility index (Phi) is 5.21. The number of rotatable bonds is 6. The van der Waals surface area contributed by atoms with Crippen molar-refractivity contribution in [2.75, 3.05) is 12.4 Å². The highest BCUT2D eigenvalue weighted by Crippen LogP contribution is 2.28. The van der Waals surface area contributed by atoms with Gasteiger partial charge < -0.3 is 10.1 Å². The molecule has 0 amide bonds. The van der Waals surface area contributed by atoms with Crippen molar-refractivity contribution in [2.45, 2.75) is 23.1 Å². The van der Waals surface area contributed by atoms with Crippen LogP contribution >= 0.6 is 23.1 Å². The maximum Gasteiger partial charge on any atom is 0.206 e. The number of nitriles is 1. The first-order valence-corrected chi connectivity index (χ1v) is 7.67. The Morgan fingerprint density at radius 2 is 2.15 bits per heavy atom. The van der Waals surface area contributed by atoms with E-state index in [-0.39, 0.29) is 5.25 Å². The zero-order chi connectivity index (χ0) is 14.4. The molecule has 0 aliphatic rings. The van der Waals surface area contributed by atoms with Crippen LogP contribution in [0.15, 0.2) is 28.6 Å². The van der Waals surface area contributed by atoms with Crippen molar-refractivity contribution in [2.24, 2.45) is 0 Å². The third-order valence-electron chi connectivity index (χ3n) is 2.47. The molecule has 1 heterocycles. The molecule has 0 spiro atoms. The summed E-state index contributed by atoms with van der Waals surface area (Å²) in [5.41, 5.74) is 1.14. The molecule has 0 unspecified atom stereocenters. The summed E-state index contributed by atoms with van der Waals surface area (Å²) in [6.45, 7) is 2.52. The molecule has 2 rings (SSSR count). The molecule has 0 saturated carbocycles. The van der Waals surface area contributed by atoms with E-state index in [4.69, 9.17) is 10.00 Å². The predicted octanol–water partition coefficient (Wildman–Crippen LogP) is 3.16. The number of benzene rings is 1. The molecule has 0 aliphatic heterocycles. The molecule has 2 aromatic rings. The van der Waals surface area contributed by atoms with Crippen molar-refractivity contribution >= 4 is 28.2 Å². The highest BCUT2D eigenvalue weighted by Gasteiger charge is 2.08. The van der Waals surface area contributed by atoms with Crippen molar-refractivity contribution in [3.8, 4) is 11.8 Å². The number of hydrogen-bond donors (Lipinski definition) is 1. The van der Waals surface area contributed by atoms with Gasteiger partial charge in [-0.3, -0.25) is 0 Å². The molecule has 7 heteroatoms. The van der Waals surface area contributed by atoms with Crippen LogP contribution in [0.4, 0.5) is 5.13 Å². The predicted molar refractivity (Wildman–Crippen MR) is 81.2 cm³/mol. The lowest BCUT2D eigenvalue weighted by molar-refractivity contribution is 0.414. The summed E-state index contributed by atoms with van der Waals surface area (Å²) < 4.78 is 5.92. The molecule has 0 radical (unpaired) electrons. The SMILES string of the molecule is COc1ccc(CNc2nnc(S[C@H](C)C#N)s2)cc1. The highest BCUT2D eigenvalue weighted by atomic mass is 32.2. The van der Waals surface area contributed by atoms with Crippen LogP contribution in [0.25, 0.3) is 0 Å². The third-order valence-corrected chi connectivity index (χ3v) is 4.43. The van der Waals surface area contributed by atoms with Gasteiger partial charge in [0.2, 0.25) is 5.13 Å². The van der Waals surface area contributed by atoms with E-state index in [0.29, 0.717) is 6.54 Å². The van der Waals surface area contributed by atoms with E-state index in [0.717, 1.165) is 20.8 Å². The van der Waals surface area contributed by atoms with Crippen LogP contribution in [-0.2, 0) is 6.54 Å². The molecule has 1 aromatic heterocycles. The monoisotopic (exact) mass is 306 g/mol. The van der Waals surface area contributed by atoms with Crippen LogP contribution < -0.4 is 10.1 Å². The number of methoxy groups -OCH3 is 1. The molecular weight excluding hydrogens is 292 g/mol. The average Bonchev–Trinajstić information content (AvgIpc) is 2.93. The van der Waals surface area contributed by atoms with Gasteiger partial charge in [-0.1, -0.05) is 35.2 Å². The van der Waals surface area contributed by atoms with Crippen LogP contribution in [-0.4, -0.2) is 22.6 Å². The number of anilines is 1. The maximum atomic E-state index is 8.76. The van der Waals surface area contributed by atoms with Crippen molar-refractivity contribution in [3.05, 3.63) is 29.8 Å².